The van der Waals surface area contributed by atoms with Gasteiger partial charge in [0.25, 0.3) is 0 Å². The third kappa shape index (κ3) is 3.15. The fourth-order valence-electron chi connectivity index (χ4n) is 2.09. The summed E-state index contributed by atoms with van der Waals surface area (Å²) in [5, 5.41) is 0. The second kappa shape index (κ2) is 5.89. The lowest BCUT2D eigenvalue weighted by Gasteiger charge is -2.16. The lowest BCUT2D eigenvalue weighted by molar-refractivity contribution is 0.551. The van der Waals surface area contributed by atoms with Gasteiger partial charge >= 0.3 is 0 Å². The van der Waals surface area contributed by atoms with Gasteiger partial charge in [-0.05, 0) is 48.4 Å². The Morgan fingerprint density at radius 1 is 0.947 bits per heavy atom. The van der Waals surface area contributed by atoms with Crippen LogP contribution >= 0.6 is 0 Å². The fraction of sp³-hybridized carbons (Fsp3) is 0.200. The lowest BCUT2D eigenvalue weighted by Crippen LogP contribution is -2.17. The van der Waals surface area contributed by atoms with Gasteiger partial charge < -0.3 is 5.73 Å². The van der Waals surface area contributed by atoms with Gasteiger partial charge in [-0.2, -0.15) is 0 Å². The Morgan fingerprint density at radius 2 is 1.68 bits per heavy atom. The Balaban J connectivity index is 2.29. The van der Waals surface area contributed by atoms with Crippen molar-refractivity contribution >= 4 is 0 Å². The van der Waals surface area contributed by atoms with E-state index in [1.807, 2.05) is 0 Å². The maximum atomic E-state index is 13.7. The predicted molar refractivity (Wildman–Crippen MR) is 68.3 cm³/mol. The van der Waals surface area contributed by atoms with E-state index in [2.05, 4.69) is 0 Å². The molecule has 0 bridgehead atoms. The Bertz CT molecular complexity index is 569. The van der Waals surface area contributed by atoms with Gasteiger partial charge in [0.15, 0.2) is 0 Å². The van der Waals surface area contributed by atoms with E-state index in [0.717, 1.165) is 18.2 Å². The fourth-order valence-corrected chi connectivity index (χ4v) is 2.09. The molecule has 0 radical (unpaired) electrons. The molecule has 0 heterocycles. The van der Waals surface area contributed by atoms with Crippen molar-refractivity contribution in [2.24, 2.45) is 5.73 Å². The van der Waals surface area contributed by atoms with Crippen LogP contribution in [0.25, 0.3) is 0 Å². The van der Waals surface area contributed by atoms with Crippen molar-refractivity contribution in [1.29, 1.82) is 0 Å². The molecule has 2 aromatic carbocycles. The molecular weight excluding hydrogens is 251 g/mol. The first-order valence-electron chi connectivity index (χ1n) is 6.00. The van der Waals surface area contributed by atoms with E-state index in [9.17, 15) is 13.2 Å². The zero-order valence-electron chi connectivity index (χ0n) is 10.2. The molecule has 0 aliphatic carbocycles. The SMILES string of the molecule is NCC(Cc1cc(F)ccc1F)c1ccccc1F. The van der Waals surface area contributed by atoms with Gasteiger partial charge in [-0.1, -0.05) is 18.2 Å². The van der Waals surface area contributed by atoms with E-state index in [1.165, 1.54) is 6.07 Å². The lowest BCUT2D eigenvalue weighted by atomic mass is 9.91. The highest BCUT2D eigenvalue weighted by Gasteiger charge is 2.16. The number of halogens is 3. The van der Waals surface area contributed by atoms with Gasteiger partial charge in [-0.3, -0.25) is 0 Å². The van der Waals surface area contributed by atoms with Crippen LogP contribution < -0.4 is 5.73 Å². The summed E-state index contributed by atoms with van der Waals surface area (Å²) in [4.78, 5) is 0. The van der Waals surface area contributed by atoms with E-state index in [4.69, 9.17) is 5.73 Å². The van der Waals surface area contributed by atoms with Gasteiger partial charge in [0.2, 0.25) is 0 Å². The third-order valence-corrected chi connectivity index (χ3v) is 3.10. The second-order valence-electron chi connectivity index (χ2n) is 4.39. The maximum absolute atomic E-state index is 13.7. The molecule has 0 aliphatic heterocycles. The van der Waals surface area contributed by atoms with Crippen molar-refractivity contribution in [1.82, 2.24) is 0 Å². The first kappa shape index (κ1) is 13.6. The number of hydrogen-bond donors (Lipinski definition) is 1. The smallest absolute Gasteiger partial charge is 0.126 e. The highest BCUT2D eigenvalue weighted by molar-refractivity contribution is 5.27. The Hall–Kier alpha value is -1.81. The van der Waals surface area contributed by atoms with Crippen LogP contribution in [-0.2, 0) is 6.42 Å². The average Bonchev–Trinajstić information content (AvgIpc) is 2.41. The zero-order chi connectivity index (χ0) is 13.8. The van der Waals surface area contributed by atoms with E-state index in [1.54, 1.807) is 18.2 Å². The molecule has 1 nitrogen and oxygen atoms in total. The van der Waals surface area contributed by atoms with Crippen molar-refractivity contribution in [2.75, 3.05) is 6.54 Å². The summed E-state index contributed by atoms with van der Waals surface area (Å²) in [5.74, 6) is -1.77. The second-order valence-corrected chi connectivity index (χ2v) is 4.39. The summed E-state index contributed by atoms with van der Waals surface area (Å²) in [6, 6.07) is 9.47. The molecule has 1 atom stereocenters. The number of nitrogens with two attached hydrogens (primary N) is 1. The average molecular weight is 265 g/mol. The van der Waals surface area contributed by atoms with Crippen molar-refractivity contribution in [2.45, 2.75) is 12.3 Å². The summed E-state index contributed by atoms with van der Waals surface area (Å²) < 4.78 is 40.4. The Morgan fingerprint density at radius 3 is 2.37 bits per heavy atom. The molecule has 1 unspecified atom stereocenters. The largest absolute Gasteiger partial charge is 0.330 e. The van der Waals surface area contributed by atoms with Crippen LogP contribution in [0.5, 0.6) is 0 Å². The number of hydrogen-bond acceptors (Lipinski definition) is 1. The van der Waals surface area contributed by atoms with Gasteiger partial charge in [0.05, 0.1) is 0 Å². The number of rotatable bonds is 4. The Labute approximate surface area is 109 Å². The molecule has 0 aromatic heterocycles. The molecule has 2 N–H and O–H groups in total. The third-order valence-electron chi connectivity index (χ3n) is 3.10. The molecule has 0 fully saturated rings. The Kier molecular flexibility index (Phi) is 4.22. The first-order valence-corrected chi connectivity index (χ1v) is 6.00. The summed E-state index contributed by atoms with van der Waals surface area (Å²) >= 11 is 0. The number of benzene rings is 2. The molecular formula is C15H14F3N. The van der Waals surface area contributed by atoms with E-state index < -0.39 is 11.6 Å². The topological polar surface area (TPSA) is 26.0 Å². The highest BCUT2D eigenvalue weighted by atomic mass is 19.1. The van der Waals surface area contributed by atoms with Crippen molar-refractivity contribution in [3.8, 4) is 0 Å². The summed E-state index contributed by atoms with van der Waals surface area (Å²) in [6.07, 6.45) is 0.168. The van der Waals surface area contributed by atoms with Crippen LogP contribution in [0.2, 0.25) is 0 Å². The van der Waals surface area contributed by atoms with Crippen LogP contribution in [0.4, 0.5) is 13.2 Å². The van der Waals surface area contributed by atoms with Crippen LogP contribution in [0.15, 0.2) is 42.5 Å². The van der Waals surface area contributed by atoms with Crippen LogP contribution in [0.3, 0.4) is 0 Å². The van der Waals surface area contributed by atoms with Crippen molar-refractivity contribution in [3.63, 3.8) is 0 Å². The van der Waals surface area contributed by atoms with Crippen LogP contribution in [-0.4, -0.2) is 6.54 Å². The van der Waals surface area contributed by atoms with E-state index in [-0.39, 0.29) is 30.3 Å². The van der Waals surface area contributed by atoms with Crippen molar-refractivity contribution < 1.29 is 13.2 Å². The summed E-state index contributed by atoms with van der Waals surface area (Å²) in [6.45, 7) is 0.164. The standard InChI is InChI=1S/C15H14F3N/c16-12-5-6-14(17)10(8-12)7-11(9-19)13-3-1-2-4-15(13)18/h1-6,8,11H,7,9,19H2. The predicted octanol–water partition coefficient (Wildman–Crippen LogP) is 3.39. The minimum Gasteiger partial charge on any atom is -0.330 e. The quantitative estimate of drug-likeness (QED) is 0.901. The van der Waals surface area contributed by atoms with E-state index in [0.29, 0.717) is 5.56 Å². The minimum absolute atomic E-state index is 0.164. The van der Waals surface area contributed by atoms with Gasteiger partial charge in [-0.15, -0.1) is 0 Å². The molecule has 2 aromatic rings. The normalized spacial score (nSPS) is 12.4. The molecule has 4 heteroatoms. The monoisotopic (exact) mass is 265 g/mol. The van der Waals surface area contributed by atoms with Crippen molar-refractivity contribution in [3.05, 3.63) is 71.0 Å². The highest BCUT2D eigenvalue weighted by Crippen LogP contribution is 2.24. The summed E-state index contributed by atoms with van der Waals surface area (Å²) in [7, 11) is 0. The minimum atomic E-state index is -0.513. The first-order chi connectivity index (χ1) is 9.11. The molecule has 0 spiro atoms. The van der Waals surface area contributed by atoms with E-state index >= 15 is 0 Å². The molecule has 0 saturated heterocycles. The van der Waals surface area contributed by atoms with Crippen LogP contribution in [0.1, 0.15) is 17.0 Å². The molecule has 100 valence electrons. The van der Waals surface area contributed by atoms with Gasteiger partial charge in [0, 0.05) is 5.92 Å². The molecule has 19 heavy (non-hydrogen) atoms. The molecule has 2 rings (SSSR count). The molecule has 0 amide bonds. The molecule has 0 saturated carbocycles. The summed E-state index contributed by atoms with van der Waals surface area (Å²) in [5.41, 5.74) is 6.26. The molecule has 0 aliphatic rings. The maximum Gasteiger partial charge on any atom is 0.126 e. The van der Waals surface area contributed by atoms with Gasteiger partial charge in [-0.25, -0.2) is 13.2 Å². The van der Waals surface area contributed by atoms with Crippen LogP contribution in [0, 0.1) is 17.5 Å². The van der Waals surface area contributed by atoms with Gasteiger partial charge in [0.1, 0.15) is 17.5 Å². The zero-order valence-corrected chi connectivity index (χ0v) is 10.2.